The van der Waals surface area contributed by atoms with Crippen LogP contribution in [0.25, 0.3) is 173 Å². The van der Waals surface area contributed by atoms with Crippen LogP contribution in [0.2, 0.25) is 0 Å². The fraction of sp³-hybridized carbons (Fsp3) is 0. The molecule has 0 aromatic heterocycles. The lowest BCUT2D eigenvalue weighted by atomic mass is 9.86. The van der Waals surface area contributed by atoms with E-state index in [4.69, 9.17) is 0 Å². The SMILES string of the molecule is c1ccc(-c2ccccc2-c2c3cccc4c5ccccc5c(c34)c3c4ccc5c6ccc7c8cc9c(cc8c8ccc(c%10ccc(c23)c4c%105)c6c87)c2cccc3cccc9c32)cc1. The van der Waals surface area contributed by atoms with Crippen molar-refractivity contribution >= 4 is 151 Å². The van der Waals surface area contributed by atoms with E-state index in [0.29, 0.717) is 0 Å². The average molecular weight is 801 g/mol. The van der Waals surface area contributed by atoms with Crippen LogP contribution in [-0.2, 0) is 0 Å². The highest BCUT2D eigenvalue weighted by atomic mass is 14.3. The Morgan fingerprint density at radius 1 is 0.172 bits per heavy atom. The molecule has 0 heterocycles. The van der Waals surface area contributed by atoms with Crippen molar-refractivity contribution in [2.24, 2.45) is 0 Å². The van der Waals surface area contributed by atoms with Gasteiger partial charge in [-0.1, -0.05) is 182 Å². The third-order valence-corrected chi connectivity index (χ3v) is 15.8. The second-order valence-electron chi connectivity index (χ2n) is 18.5. The van der Waals surface area contributed by atoms with Gasteiger partial charge in [0.15, 0.2) is 0 Å². The summed E-state index contributed by atoms with van der Waals surface area (Å²) in [6, 6.07) is 74.3. The lowest BCUT2D eigenvalue weighted by molar-refractivity contribution is 1.61. The van der Waals surface area contributed by atoms with Crippen LogP contribution in [-0.4, -0.2) is 0 Å². The average Bonchev–Trinajstić information content (AvgIpc) is 4.07. The molecule has 0 saturated carbocycles. The molecule has 0 spiro atoms. The maximum absolute atomic E-state index is 2.50. The van der Waals surface area contributed by atoms with Crippen LogP contribution in [0.5, 0.6) is 0 Å². The summed E-state index contributed by atoms with van der Waals surface area (Å²) in [5, 5.41) is 37.9. The molecule has 0 amide bonds. The Labute approximate surface area is 365 Å². The van der Waals surface area contributed by atoms with Gasteiger partial charge in [0.25, 0.3) is 0 Å². The molecule has 0 nitrogen and oxygen atoms in total. The summed E-state index contributed by atoms with van der Waals surface area (Å²) in [6.07, 6.45) is 0. The van der Waals surface area contributed by atoms with Crippen LogP contribution in [0.3, 0.4) is 0 Å². The minimum absolute atomic E-state index is 1.24. The summed E-state index contributed by atoms with van der Waals surface area (Å²) in [5.41, 5.74) is 5.11. The first kappa shape index (κ1) is 32.4. The van der Waals surface area contributed by atoms with Crippen molar-refractivity contribution in [3.63, 3.8) is 0 Å². The maximum atomic E-state index is 2.50. The van der Waals surface area contributed by atoms with Crippen LogP contribution >= 0.6 is 0 Å². The van der Waals surface area contributed by atoms with E-state index >= 15 is 0 Å². The van der Waals surface area contributed by atoms with Crippen LogP contribution in [0.4, 0.5) is 0 Å². The first-order chi connectivity index (χ1) is 31.8. The van der Waals surface area contributed by atoms with Gasteiger partial charge < -0.3 is 0 Å². The van der Waals surface area contributed by atoms with Crippen molar-refractivity contribution in [3.05, 3.63) is 194 Å². The second kappa shape index (κ2) is 11.0. The molecule has 17 aromatic rings. The van der Waals surface area contributed by atoms with E-state index in [0.717, 1.165) is 0 Å². The molecule has 0 radical (unpaired) electrons. The zero-order valence-electron chi connectivity index (χ0n) is 34.5. The molecule has 0 saturated heterocycles. The highest BCUT2D eigenvalue weighted by molar-refractivity contribution is 6.52. The Hall–Kier alpha value is -8.32. The topological polar surface area (TPSA) is 0 Å². The molecule has 0 bridgehead atoms. The van der Waals surface area contributed by atoms with E-state index in [1.165, 1.54) is 173 Å². The predicted octanol–water partition coefficient (Wildman–Crippen LogP) is 18.4. The summed E-state index contributed by atoms with van der Waals surface area (Å²) < 4.78 is 0. The van der Waals surface area contributed by atoms with Gasteiger partial charge in [0.1, 0.15) is 0 Å². The molecule has 0 N–H and O–H groups in total. The Morgan fingerprint density at radius 3 is 1.14 bits per heavy atom. The lowest BCUT2D eigenvalue weighted by Crippen LogP contribution is -1.89. The molecule has 0 aliphatic carbocycles. The van der Waals surface area contributed by atoms with Gasteiger partial charge in [0.2, 0.25) is 0 Å². The van der Waals surface area contributed by atoms with Gasteiger partial charge in [0.05, 0.1) is 0 Å². The molecule has 17 aromatic carbocycles. The van der Waals surface area contributed by atoms with Crippen molar-refractivity contribution in [1.82, 2.24) is 0 Å². The Morgan fingerprint density at radius 2 is 0.531 bits per heavy atom. The van der Waals surface area contributed by atoms with E-state index < -0.39 is 0 Å². The monoisotopic (exact) mass is 800 g/mol. The fourth-order valence-electron chi connectivity index (χ4n) is 13.4. The van der Waals surface area contributed by atoms with E-state index in [2.05, 4.69) is 194 Å². The van der Waals surface area contributed by atoms with Crippen molar-refractivity contribution in [2.45, 2.75) is 0 Å². The summed E-state index contributed by atoms with van der Waals surface area (Å²) in [4.78, 5) is 0. The number of hydrogen-bond acceptors (Lipinski definition) is 0. The van der Waals surface area contributed by atoms with Crippen molar-refractivity contribution in [1.29, 1.82) is 0 Å². The Bertz CT molecular complexity index is 4730. The maximum Gasteiger partial charge on any atom is -0.000696 e. The van der Waals surface area contributed by atoms with E-state index in [9.17, 15) is 0 Å². The highest BCUT2D eigenvalue weighted by Crippen LogP contribution is 2.57. The van der Waals surface area contributed by atoms with Gasteiger partial charge in [0, 0.05) is 0 Å². The van der Waals surface area contributed by atoms with E-state index in [1.54, 1.807) is 0 Å². The van der Waals surface area contributed by atoms with Gasteiger partial charge in [-0.05, 0) is 185 Å². The zero-order chi connectivity index (χ0) is 41.1. The van der Waals surface area contributed by atoms with Crippen LogP contribution < -0.4 is 0 Å². The highest BCUT2D eigenvalue weighted by Gasteiger charge is 2.28. The van der Waals surface area contributed by atoms with Gasteiger partial charge in [-0.2, -0.15) is 0 Å². The molecule has 64 heavy (non-hydrogen) atoms. The molecular weight excluding hydrogens is 769 g/mol. The minimum Gasteiger partial charge on any atom is -0.0622 e. The fourth-order valence-corrected chi connectivity index (χ4v) is 13.4. The molecule has 0 aliphatic rings. The summed E-state index contributed by atoms with van der Waals surface area (Å²) in [5.74, 6) is 0. The zero-order valence-corrected chi connectivity index (χ0v) is 34.5. The third-order valence-electron chi connectivity index (χ3n) is 15.8. The number of fused-ring (bicyclic) bond motifs is 15. The molecular formula is C64H32. The number of benzene rings is 13. The number of hydrogen-bond donors (Lipinski definition) is 0. The third kappa shape index (κ3) is 3.59. The normalized spacial score (nSPS) is 13.0. The summed E-state index contributed by atoms with van der Waals surface area (Å²) in [7, 11) is 0. The van der Waals surface area contributed by atoms with Gasteiger partial charge in [-0.3, -0.25) is 0 Å². The van der Waals surface area contributed by atoms with Gasteiger partial charge in [-0.15, -0.1) is 0 Å². The summed E-state index contributed by atoms with van der Waals surface area (Å²) in [6.45, 7) is 0. The van der Waals surface area contributed by atoms with Crippen LogP contribution in [0.15, 0.2) is 194 Å². The lowest BCUT2D eigenvalue weighted by Gasteiger charge is -2.16. The molecule has 17 rings (SSSR count). The molecule has 0 atom stereocenters. The Kier molecular flexibility index (Phi) is 5.57. The Balaban J connectivity index is 1.05. The molecule has 0 fully saturated rings. The standard InChI is InChI=1S/C64H32/c1-2-11-33(12-3-1)35-15-4-6-17-37(35)59-48-22-10-21-38-36-16-5-7-18-39(36)62(60(38)48)64-50-30-28-45-43-24-26-47-54-32-52-41-20-9-14-34-13-8-19-40(55(34)41)51(52)31-53(54)46-25-23-42(56(43)58(46)47)44-27-29-49(63(59)64)61(50)57(44)45/h1-32H. The number of rotatable bonds is 2. The molecule has 0 aliphatic heterocycles. The van der Waals surface area contributed by atoms with Crippen LogP contribution in [0.1, 0.15) is 0 Å². The largest absolute Gasteiger partial charge is 0.0622 e. The predicted molar refractivity (Wildman–Crippen MR) is 278 cm³/mol. The summed E-state index contributed by atoms with van der Waals surface area (Å²) >= 11 is 0. The first-order valence-corrected chi connectivity index (χ1v) is 22.6. The smallest absolute Gasteiger partial charge is 0.000696 e. The van der Waals surface area contributed by atoms with Gasteiger partial charge in [-0.25, -0.2) is 0 Å². The quantitative estimate of drug-likeness (QED) is 0.121. The van der Waals surface area contributed by atoms with Crippen molar-refractivity contribution < 1.29 is 0 Å². The first-order valence-electron chi connectivity index (χ1n) is 22.6. The van der Waals surface area contributed by atoms with E-state index in [-0.39, 0.29) is 0 Å². The van der Waals surface area contributed by atoms with Crippen molar-refractivity contribution in [2.75, 3.05) is 0 Å². The molecule has 0 heteroatoms. The van der Waals surface area contributed by atoms with Crippen LogP contribution in [0, 0.1) is 0 Å². The van der Waals surface area contributed by atoms with Gasteiger partial charge >= 0.3 is 0 Å². The van der Waals surface area contributed by atoms with Crippen molar-refractivity contribution in [3.8, 4) is 22.3 Å². The molecule has 288 valence electrons. The minimum atomic E-state index is 1.24. The van der Waals surface area contributed by atoms with E-state index in [1.807, 2.05) is 0 Å². The second-order valence-corrected chi connectivity index (χ2v) is 18.5. The molecule has 0 unspecified atom stereocenters.